The first kappa shape index (κ1) is 62.1. The van der Waals surface area contributed by atoms with Gasteiger partial charge in [-0.1, -0.05) is 59.7 Å². The number of carbonyl (C=O) groups is 1. The number of phosphoric ester groups is 1. The van der Waals surface area contributed by atoms with Crippen LogP contribution in [0.4, 0.5) is 11.8 Å². The van der Waals surface area contributed by atoms with E-state index >= 15 is 4.57 Å². The topological polar surface area (TPSA) is 368 Å². The lowest BCUT2D eigenvalue weighted by atomic mass is 10.1. The fourth-order valence-corrected chi connectivity index (χ4v) is 13.7. The minimum Gasteiger partial charge on any atom is -0.407 e. The Hall–Kier alpha value is -5.51. The Balaban J connectivity index is 1.29. The van der Waals surface area contributed by atoms with Crippen LogP contribution in [-0.2, 0) is 45.6 Å². The van der Waals surface area contributed by atoms with E-state index in [1.807, 2.05) is 79.9 Å². The number of hydrogen-bond donors (Lipinski definition) is 5. The van der Waals surface area contributed by atoms with Gasteiger partial charge in [0.2, 0.25) is 5.95 Å². The molecule has 0 spiro atoms. The zero-order chi connectivity index (χ0) is 58.8. The Bertz CT molecular complexity index is 3260. The predicted octanol–water partition coefficient (Wildman–Crippen LogP) is 6.24. The quantitative estimate of drug-likeness (QED) is 0.0159. The first-order valence-corrected chi connectivity index (χ1v) is 34.4. The normalized spacial score (nSPS) is 23.3. The number of anilines is 1. The number of aliphatic imine (C=N–C) groups is 1. The Morgan fingerprint density at radius 2 is 1.43 bits per heavy atom. The highest BCUT2D eigenvalue weighted by Gasteiger charge is 2.60. The van der Waals surface area contributed by atoms with E-state index in [1.165, 1.54) is 34.5 Å². The van der Waals surface area contributed by atoms with Crippen LogP contribution in [0.5, 0.6) is 0 Å². The fraction of sp³-hybridized carbons (Fsp3) is 0.583. The molecule has 5 aromatic rings. The summed E-state index contributed by atoms with van der Waals surface area (Å²) in [5.74, 6) is -3.08. The summed E-state index contributed by atoms with van der Waals surface area (Å²) in [6.45, 7) is 17.4. The van der Waals surface area contributed by atoms with Crippen molar-refractivity contribution in [2.45, 2.75) is 146 Å². The summed E-state index contributed by atoms with van der Waals surface area (Å²) in [5.41, 5.74) is -0.228. The third-order valence-corrected chi connectivity index (χ3v) is 26.4. The Morgan fingerprint density at radius 3 is 2.00 bits per heavy atom. The number of rotatable bonds is 23. The van der Waals surface area contributed by atoms with Crippen LogP contribution < -0.4 is 10.9 Å². The number of phosphoric acid groups is 1. The largest absolute Gasteiger partial charge is 0.475 e. The first-order valence-electron chi connectivity index (χ1n) is 25.4. The Kier molecular flexibility index (Phi) is 19.0. The average molecular weight is 1190 g/mol. The molecule has 4 aromatic heterocycles. The van der Waals surface area contributed by atoms with E-state index in [0.29, 0.717) is 5.56 Å². The van der Waals surface area contributed by atoms with Crippen LogP contribution in [0.3, 0.4) is 0 Å². The Morgan fingerprint density at radius 1 is 0.863 bits per heavy atom. The first-order chi connectivity index (χ1) is 37.4. The lowest BCUT2D eigenvalue weighted by molar-refractivity contribution is -0.0728. The minimum atomic E-state index is -5.62. The number of hydrogen-bond acceptors (Lipinski definition) is 22. The molecular formula is C48H69N13O15P2Si2. The molecule has 32 heteroatoms. The van der Waals surface area contributed by atoms with Crippen molar-refractivity contribution in [2.24, 2.45) is 4.99 Å². The maximum atomic E-state index is 15.3. The molecule has 2 unspecified atom stereocenters. The maximum absolute atomic E-state index is 15.3. The molecule has 6 heterocycles. The molecule has 1 amide bonds. The second-order valence-electron chi connectivity index (χ2n) is 22.3. The van der Waals surface area contributed by atoms with E-state index in [1.54, 1.807) is 49.3 Å². The van der Waals surface area contributed by atoms with E-state index in [4.69, 9.17) is 36.4 Å². The molecule has 1 aromatic carbocycles. The van der Waals surface area contributed by atoms with Crippen LogP contribution in [0.25, 0.3) is 22.3 Å². The number of H-pyrrole nitrogens is 1. The van der Waals surface area contributed by atoms with Crippen molar-refractivity contribution >= 4 is 78.4 Å². The van der Waals surface area contributed by atoms with Crippen molar-refractivity contribution < 1.29 is 65.5 Å². The molecule has 2 aliphatic heterocycles. The van der Waals surface area contributed by atoms with Gasteiger partial charge in [-0.2, -0.15) is 15.5 Å². The molecule has 2 saturated heterocycles. The molecule has 80 heavy (non-hydrogen) atoms. The van der Waals surface area contributed by atoms with Crippen molar-refractivity contribution in [3.05, 3.63) is 65.2 Å². The lowest BCUT2D eigenvalue weighted by Crippen LogP contribution is -2.49. The van der Waals surface area contributed by atoms with E-state index in [0.717, 1.165) is 0 Å². The van der Waals surface area contributed by atoms with Crippen molar-refractivity contribution in [3.8, 4) is 12.1 Å². The number of aliphatic hydroxyl groups is 2. The van der Waals surface area contributed by atoms with E-state index in [2.05, 4.69) is 40.2 Å². The molecule has 0 bridgehead atoms. The van der Waals surface area contributed by atoms with Gasteiger partial charge in [0, 0.05) is 19.7 Å². The molecule has 10 atom stereocenters. The number of amides is 1. The molecular weight excluding hydrogens is 1120 g/mol. The van der Waals surface area contributed by atoms with Gasteiger partial charge in [-0.25, -0.2) is 29.5 Å². The van der Waals surface area contributed by atoms with E-state index in [9.17, 15) is 39.8 Å². The summed E-state index contributed by atoms with van der Waals surface area (Å²) in [4.78, 5) is 69.4. The second kappa shape index (κ2) is 24.5. The smallest absolute Gasteiger partial charge is 0.407 e. The number of nitriles is 2. The van der Waals surface area contributed by atoms with Gasteiger partial charge in [0.05, 0.1) is 63.8 Å². The van der Waals surface area contributed by atoms with E-state index < -0.39 is 128 Å². The standard InChI is InChI=1S/C48H69N13O15P2Si2/c1-47(2,3)79(9,10)75-35-33(62)30(72-43(35)61-28-54-32-40(61)57-46(58-42(32)65)55-26-59(7)8)24-71-77(66,67)45(74-78(68,69-22-16-20-49)70-23-17-21-50)37-34(63)36(76-80(11,12)48(4,5)6)44(73-37)60-27-53-31-38(51-25-52-39(31)60)56-41(64)29-18-14-13-15-19-29/h13-15,18-19,25-28,30,33-37,43-45,62-63H,16-17,22-24H2,1-12H3,(H,66,67)(H,57,58,65)(H,51,52,56,64)/t30-,33-,34+,35-,36-,37+,43-,44-,45?/m1/s1. The SMILES string of the molecule is CN(C)C=Nc1nc2c(ncn2[C@@H]2O[C@H](COP(=O)(O)C(OP(=O)(OCCC#N)OCCC#N)[C@H]3O[C@@H](n4cnc5c(NC(=O)c6ccccc6)ncnc54)[C@H](O[Si](C)(C)C(C)(C)C)[C@@H]3O)[C@@H](O)[C@H]2O[Si](C)(C)C(C)(C)C)c(=O)[nH]1. The third-order valence-electron chi connectivity index (χ3n) is 14.2. The van der Waals surface area contributed by atoms with Gasteiger partial charge < -0.3 is 48.2 Å². The molecule has 5 N–H and O–H groups in total. The van der Waals surface area contributed by atoms with Crippen LogP contribution >= 0.6 is 15.4 Å². The second-order valence-corrected chi connectivity index (χ2v) is 35.3. The van der Waals surface area contributed by atoms with Gasteiger partial charge in [-0.3, -0.25) is 41.8 Å². The Labute approximate surface area is 463 Å². The third kappa shape index (κ3) is 13.7. The zero-order valence-electron chi connectivity index (χ0n) is 46.5. The number of aromatic amines is 1. The van der Waals surface area contributed by atoms with Crippen LogP contribution in [-0.4, -0.2) is 164 Å². The summed E-state index contributed by atoms with van der Waals surface area (Å²) in [6.07, 6.45) is -8.07. The molecule has 0 saturated carbocycles. The number of aromatic nitrogens is 8. The van der Waals surface area contributed by atoms with Crippen LogP contribution in [0.1, 0.15) is 77.2 Å². The van der Waals surface area contributed by atoms with Crippen LogP contribution in [0.15, 0.2) is 59.1 Å². The number of nitrogens with one attached hydrogen (secondary N) is 2. The predicted molar refractivity (Wildman–Crippen MR) is 294 cm³/mol. The van der Waals surface area contributed by atoms with Crippen molar-refractivity contribution in [1.29, 1.82) is 10.5 Å². The molecule has 7 rings (SSSR count). The lowest BCUT2D eigenvalue weighted by Gasteiger charge is -2.40. The van der Waals surface area contributed by atoms with Crippen LogP contribution in [0, 0.1) is 22.7 Å². The summed E-state index contributed by atoms with van der Waals surface area (Å²) in [6, 6.07) is 12.0. The van der Waals surface area contributed by atoms with Gasteiger partial charge in [0.15, 0.2) is 63.1 Å². The van der Waals surface area contributed by atoms with Gasteiger partial charge >= 0.3 is 15.4 Å². The van der Waals surface area contributed by atoms with Gasteiger partial charge in [-0.15, -0.1) is 0 Å². The van der Waals surface area contributed by atoms with Crippen molar-refractivity contribution in [3.63, 3.8) is 0 Å². The molecule has 2 fully saturated rings. The van der Waals surface area contributed by atoms with Crippen molar-refractivity contribution in [1.82, 2.24) is 43.9 Å². The highest BCUT2D eigenvalue weighted by molar-refractivity contribution is 7.55. The molecule has 0 aliphatic carbocycles. The maximum Gasteiger partial charge on any atom is 0.475 e. The summed E-state index contributed by atoms with van der Waals surface area (Å²) < 4.78 is 82.2. The minimum absolute atomic E-state index is 0.00814. The van der Waals surface area contributed by atoms with E-state index in [-0.39, 0.29) is 46.9 Å². The monoisotopic (exact) mass is 1190 g/mol. The summed E-state index contributed by atoms with van der Waals surface area (Å²) in [7, 11) is -13.1. The average Bonchev–Trinajstić information content (AvgIpc) is 4.20. The number of aliphatic hydroxyl groups excluding tert-OH is 2. The number of nitrogens with zero attached hydrogens (tertiary/aromatic N) is 11. The number of imidazole rings is 2. The number of benzene rings is 1. The molecule has 28 nitrogen and oxygen atoms in total. The van der Waals surface area contributed by atoms with Gasteiger partial charge in [0.25, 0.3) is 11.5 Å². The van der Waals surface area contributed by atoms with Crippen LogP contribution in [0.2, 0.25) is 36.3 Å². The molecule has 2 aliphatic rings. The summed E-state index contributed by atoms with van der Waals surface area (Å²) in [5, 5.41) is 45.4. The zero-order valence-corrected chi connectivity index (χ0v) is 50.3. The number of ether oxygens (including phenoxy) is 2. The molecule has 0 radical (unpaired) electrons. The van der Waals surface area contributed by atoms with Gasteiger partial charge in [0.1, 0.15) is 43.0 Å². The highest BCUT2D eigenvalue weighted by Crippen LogP contribution is 2.62. The number of carbonyl (C=O) groups excluding carboxylic acids is 1. The van der Waals surface area contributed by atoms with Crippen molar-refractivity contribution in [2.75, 3.05) is 39.2 Å². The molecule has 434 valence electrons. The fourth-order valence-electron chi connectivity index (χ4n) is 7.93. The number of fused-ring (bicyclic) bond motifs is 2. The summed E-state index contributed by atoms with van der Waals surface area (Å²) >= 11 is 0. The van der Waals surface area contributed by atoms with Gasteiger partial charge in [-0.05, 0) is 48.4 Å². The highest BCUT2D eigenvalue weighted by atomic mass is 31.2.